The maximum absolute atomic E-state index is 12.2. The fraction of sp³-hybridized carbons (Fsp3) is 0.562. The summed E-state index contributed by atoms with van der Waals surface area (Å²) in [4.78, 5) is 14.0. The number of benzene rings is 1. The minimum Gasteiger partial charge on any atom is -0.481 e. The minimum absolute atomic E-state index is 0.00914. The zero-order valence-electron chi connectivity index (χ0n) is 12.9. The number of nitrogens with two attached hydrogens (primary N) is 1. The molecule has 0 fully saturated rings. The third-order valence-corrected chi connectivity index (χ3v) is 3.48. The highest BCUT2D eigenvalue weighted by molar-refractivity contribution is 5.80. The van der Waals surface area contributed by atoms with Crippen LogP contribution in [0.4, 0.5) is 0 Å². The molecule has 4 nitrogen and oxygen atoms in total. The van der Waals surface area contributed by atoms with Crippen molar-refractivity contribution < 1.29 is 9.53 Å². The van der Waals surface area contributed by atoms with Gasteiger partial charge in [-0.2, -0.15) is 0 Å². The Hall–Kier alpha value is -1.55. The maximum Gasteiger partial charge on any atom is 0.263 e. The summed E-state index contributed by atoms with van der Waals surface area (Å²) in [5.41, 5.74) is 7.04. The Kier molecular flexibility index (Phi) is 6.52. The summed E-state index contributed by atoms with van der Waals surface area (Å²) in [7, 11) is 0. The second kappa shape index (κ2) is 7.90. The van der Waals surface area contributed by atoms with Crippen molar-refractivity contribution >= 4 is 5.91 Å². The van der Waals surface area contributed by atoms with Crippen LogP contribution in [0, 0.1) is 0 Å². The second-order valence-corrected chi connectivity index (χ2v) is 4.82. The molecule has 0 radical (unpaired) electrons. The van der Waals surface area contributed by atoms with Gasteiger partial charge in [0, 0.05) is 24.7 Å². The highest BCUT2D eigenvalue weighted by atomic mass is 16.5. The monoisotopic (exact) mass is 278 g/mol. The third kappa shape index (κ3) is 3.97. The molecule has 1 aromatic rings. The van der Waals surface area contributed by atoms with Crippen molar-refractivity contribution in [2.45, 2.75) is 46.3 Å². The average molecular weight is 278 g/mol. The molecule has 1 rings (SSSR count). The molecular formula is C16H26N2O2. The van der Waals surface area contributed by atoms with Crippen LogP contribution in [0.3, 0.4) is 0 Å². The van der Waals surface area contributed by atoms with Crippen molar-refractivity contribution in [1.29, 1.82) is 0 Å². The molecule has 1 amide bonds. The molecule has 0 aliphatic carbocycles. The molecule has 2 atom stereocenters. The van der Waals surface area contributed by atoms with Crippen molar-refractivity contribution in [2.24, 2.45) is 5.73 Å². The zero-order chi connectivity index (χ0) is 15.1. The van der Waals surface area contributed by atoms with Gasteiger partial charge in [0.25, 0.3) is 5.91 Å². The van der Waals surface area contributed by atoms with Crippen LogP contribution in [0.2, 0.25) is 0 Å². The largest absolute Gasteiger partial charge is 0.481 e. The number of rotatable bonds is 7. The van der Waals surface area contributed by atoms with Gasteiger partial charge in [-0.05, 0) is 33.3 Å². The van der Waals surface area contributed by atoms with E-state index in [2.05, 4.69) is 0 Å². The van der Waals surface area contributed by atoms with Crippen LogP contribution >= 0.6 is 0 Å². The van der Waals surface area contributed by atoms with Crippen LogP contribution in [-0.2, 0) is 4.79 Å². The number of carbonyl (C=O) groups is 1. The van der Waals surface area contributed by atoms with Gasteiger partial charge in [-0.25, -0.2) is 0 Å². The van der Waals surface area contributed by atoms with Gasteiger partial charge >= 0.3 is 0 Å². The van der Waals surface area contributed by atoms with Crippen LogP contribution < -0.4 is 10.5 Å². The first-order valence-corrected chi connectivity index (χ1v) is 7.34. The minimum atomic E-state index is -0.500. The summed E-state index contributed by atoms with van der Waals surface area (Å²) < 4.78 is 5.84. The summed E-state index contributed by atoms with van der Waals surface area (Å²) in [5, 5.41) is 0. The van der Waals surface area contributed by atoms with Crippen LogP contribution in [0.1, 0.15) is 45.7 Å². The van der Waals surface area contributed by atoms with E-state index in [-0.39, 0.29) is 11.9 Å². The molecule has 0 spiro atoms. The van der Waals surface area contributed by atoms with Crippen LogP contribution in [0.15, 0.2) is 24.3 Å². The Morgan fingerprint density at radius 3 is 2.40 bits per heavy atom. The Morgan fingerprint density at radius 1 is 1.25 bits per heavy atom. The molecule has 20 heavy (non-hydrogen) atoms. The van der Waals surface area contributed by atoms with Gasteiger partial charge in [0.2, 0.25) is 0 Å². The van der Waals surface area contributed by atoms with E-state index in [0.29, 0.717) is 18.8 Å². The smallest absolute Gasteiger partial charge is 0.263 e. The summed E-state index contributed by atoms with van der Waals surface area (Å²) in [6.07, 6.45) is 0.332. The Bertz CT molecular complexity index is 430. The van der Waals surface area contributed by atoms with E-state index in [4.69, 9.17) is 10.5 Å². The number of hydrogen-bond acceptors (Lipinski definition) is 3. The van der Waals surface area contributed by atoms with E-state index in [1.807, 2.05) is 45.0 Å². The van der Waals surface area contributed by atoms with Crippen molar-refractivity contribution in [2.75, 3.05) is 13.1 Å². The molecule has 0 aliphatic heterocycles. The molecule has 0 saturated heterocycles. The molecule has 0 bridgehead atoms. The standard InChI is InChI=1S/C16H26N2O2/c1-5-14(17)13-10-8-9-11-15(13)20-12(4)16(19)18(6-2)7-3/h8-12,14H,5-7,17H2,1-4H3. The van der Waals surface area contributed by atoms with Gasteiger partial charge in [0.05, 0.1) is 0 Å². The van der Waals surface area contributed by atoms with Crippen molar-refractivity contribution in [3.63, 3.8) is 0 Å². The molecule has 1 aromatic carbocycles. The lowest BCUT2D eigenvalue weighted by Crippen LogP contribution is -2.40. The second-order valence-electron chi connectivity index (χ2n) is 4.82. The van der Waals surface area contributed by atoms with Gasteiger partial charge in [0.15, 0.2) is 6.10 Å². The Labute approximate surface area is 121 Å². The van der Waals surface area contributed by atoms with Crippen molar-refractivity contribution in [3.8, 4) is 5.75 Å². The number of likely N-dealkylation sites (N-methyl/N-ethyl adjacent to an activating group) is 1. The van der Waals surface area contributed by atoms with Gasteiger partial charge in [-0.1, -0.05) is 25.1 Å². The van der Waals surface area contributed by atoms with Crippen LogP contribution in [0.25, 0.3) is 0 Å². The van der Waals surface area contributed by atoms with Crippen molar-refractivity contribution in [1.82, 2.24) is 4.90 Å². The van der Waals surface area contributed by atoms with Gasteiger partial charge < -0.3 is 15.4 Å². The summed E-state index contributed by atoms with van der Waals surface area (Å²) >= 11 is 0. The molecule has 2 N–H and O–H groups in total. The Morgan fingerprint density at radius 2 is 1.85 bits per heavy atom. The first-order valence-electron chi connectivity index (χ1n) is 7.34. The molecule has 2 unspecified atom stereocenters. The van der Waals surface area contributed by atoms with Crippen LogP contribution in [-0.4, -0.2) is 30.0 Å². The normalized spacial score (nSPS) is 13.7. The van der Waals surface area contributed by atoms with E-state index in [0.717, 1.165) is 12.0 Å². The molecular weight excluding hydrogens is 252 g/mol. The lowest BCUT2D eigenvalue weighted by molar-refractivity contribution is -0.137. The number of nitrogens with zero attached hydrogens (tertiary/aromatic N) is 1. The maximum atomic E-state index is 12.2. The molecule has 4 heteroatoms. The first kappa shape index (κ1) is 16.5. The number of amides is 1. The number of para-hydroxylation sites is 1. The number of carbonyl (C=O) groups excluding carboxylic acids is 1. The summed E-state index contributed by atoms with van der Waals surface area (Å²) in [6, 6.07) is 7.60. The predicted molar refractivity (Wildman–Crippen MR) is 81.7 cm³/mol. The molecule has 0 heterocycles. The number of hydrogen-bond donors (Lipinski definition) is 1. The van der Waals surface area contributed by atoms with E-state index < -0.39 is 6.10 Å². The van der Waals surface area contributed by atoms with E-state index in [9.17, 15) is 4.79 Å². The van der Waals surface area contributed by atoms with Gasteiger partial charge in [0.1, 0.15) is 5.75 Å². The molecule has 0 aromatic heterocycles. The number of ether oxygens (including phenoxy) is 1. The average Bonchev–Trinajstić information content (AvgIpc) is 2.48. The third-order valence-electron chi connectivity index (χ3n) is 3.48. The molecule has 0 saturated carbocycles. The quantitative estimate of drug-likeness (QED) is 0.834. The topological polar surface area (TPSA) is 55.6 Å². The van der Waals surface area contributed by atoms with E-state index in [1.165, 1.54) is 0 Å². The zero-order valence-corrected chi connectivity index (χ0v) is 12.9. The van der Waals surface area contributed by atoms with E-state index in [1.54, 1.807) is 11.8 Å². The highest BCUT2D eigenvalue weighted by Gasteiger charge is 2.21. The summed E-state index contributed by atoms with van der Waals surface area (Å²) in [5.74, 6) is 0.713. The van der Waals surface area contributed by atoms with Gasteiger partial charge in [-0.3, -0.25) is 4.79 Å². The SMILES string of the molecule is CCC(N)c1ccccc1OC(C)C(=O)N(CC)CC. The Balaban J connectivity index is 2.85. The lowest BCUT2D eigenvalue weighted by atomic mass is 10.0. The fourth-order valence-electron chi connectivity index (χ4n) is 2.15. The fourth-order valence-corrected chi connectivity index (χ4v) is 2.15. The van der Waals surface area contributed by atoms with E-state index >= 15 is 0 Å². The highest BCUT2D eigenvalue weighted by Crippen LogP contribution is 2.26. The van der Waals surface area contributed by atoms with Gasteiger partial charge in [-0.15, -0.1) is 0 Å². The molecule has 0 aliphatic rings. The molecule has 112 valence electrons. The summed E-state index contributed by atoms with van der Waals surface area (Å²) in [6.45, 7) is 9.14. The predicted octanol–water partition coefficient (Wildman–Crippen LogP) is 2.73. The first-order chi connectivity index (χ1) is 9.54. The van der Waals surface area contributed by atoms with Crippen LogP contribution in [0.5, 0.6) is 5.75 Å². The lowest BCUT2D eigenvalue weighted by Gasteiger charge is -2.25. The van der Waals surface area contributed by atoms with Crippen molar-refractivity contribution in [3.05, 3.63) is 29.8 Å².